The second-order valence-electron chi connectivity index (χ2n) is 3.41. The van der Waals surface area contributed by atoms with Gasteiger partial charge in [0.2, 0.25) is 0 Å². The number of fused-ring (bicyclic) bond motifs is 1. The lowest BCUT2D eigenvalue weighted by molar-refractivity contribution is 0.305. The van der Waals surface area contributed by atoms with Gasteiger partial charge in [0.05, 0.1) is 6.61 Å². The molecule has 0 bridgehead atoms. The summed E-state index contributed by atoms with van der Waals surface area (Å²) in [4.78, 5) is 0. The zero-order chi connectivity index (χ0) is 9.26. The first-order valence-corrected chi connectivity index (χ1v) is 4.51. The van der Waals surface area contributed by atoms with E-state index in [0.717, 1.165) is 12.4 Å². The Morgan fingerprint density at radius 2 is 2.31 bits per heavy atom. The van der Waals surface area contributed by atoms with Crippen molar-refractivity contribution in [3.05, 3.63) is 29.8 Å². The van der Waals surface area contributed by atoms with E-state index in [1.807, 2.05) is 18.2 Å². The average molecular weight is 178 g/mol. The number of hydrogen-bond donors (Lipinski definition) is 2. The van der Waals surface area contributed by atoms with Crippen LogP contribution in [0.1, 0.15) is 18.4 Å². The lowest BCUT2D eigenvalue weighted by atomic mass is 9.95. The van der Waals surface area contributed by atoms with Gasteiger partial charge in [-0.2, -0.15) is 0 Å². The van der Waals surface area contributed by atoms with E-state index in [-0.39, 0.29) is 6.04 Å². The average Bonchev–Trinajstić information content (AvgIpc) is 2.60. The summed E-state index contributed by atoms with van der Waals surface area (Å²) >= 11 is 0. The normalized spacial score (nSPS) is 22.2. The third-order valence-electron chi connectivity index (χ3n) is 2.60. The first kappa shape index (κ1) is 8.53. The number of nitrogens with two attached hydrogens (primary N) is 1. The molecule has 0 amide bonds. The maximum atomic E-state index is 5.54. The molecule has 2 rings (SSSR count). The lowest BCUT2D eigenvalue weighted by Gasteiger charge is -2.16. The van der Waals surface area contributed by atoms with Crippen LogP contribution < -0.4 is 16.0 Å². The predicted molar refractivity (Wildman–Crippen MR) is 51.5 cm³/mol. The van der Waals surface area contributed by atoms with Crippen molar-refractivity contribution in [2.45, 2.75) is 18.9 Å². The highest BCUT2D eigenvalue weighted by Crippen LogP contribution is 2.34. The van der Waals surface area contributed by atoms with Gasteiger partial charge in [0.1, 0.15) is 5.75 Å². The van der Waals surface area contributed by atoms with Crippen molar-refractivity contribution in [2.24, 2.45) is 5.84 Å². The first-order valence-electron chi connectivity index (χ1n) is 4.51. The molecule has 0 aromatic heterocycles. The molecular formula is C10H14N2O. The van der Waals surface area contributed by atoms with Gasteiger partial charge in [-0.15, -0.1) is 0 Å². The second-order valence-corrected chi connectivity index (χ2v) is 3.41. The minimum atomic E-state index is 0.253. The zero-order valence-electron chi connectivity index (χ0n) is 7.66. The molecule has 0 saturated heterocycles. The number of rotatable bonds is 2. The summed E-state index contributed by atoms with van der Waals surface area (Å²) in [5.74, 6) is 6.77. The van der Waals surface area contributed by atoms with E-state index < -0.39 is 0 Å². The Kier molecular flexibility index (Phi) is 2.20. The number of benzene rings is 1. The minimum Gasteiger partial charge on any atom is -0.493 e. The van der Waals surface area contributed by atoms with Gasteiger partial charge in [0, 0.05) is 17.5 Å². The molecule has 2 unspecified atom stereocenters. The van der Waals surface area contributed by atoms with Crippen LogP contribution in [-0.2, 0) is 0 Å². The molecule has 2 atom stereocenters. The Morgan fingerprint density at radius 1 is 1.54 bits per heavy atom. The molecule has 13 heavy (non-hydrogen) atoms. The Labute approximate surface area is 77.9 Å². The van der Waals surface area contributed by atoms with E-state index in [4.69, 9.17) is 10.6 Å². The van der Waals surface area contributed by atoms with Crippen molar-refractivity contribution < 1.29 is 4.74 Å². The van der Waals surface area contributed by atoms with E-state index in [2.05, 4.69) is 18.4 Å². The summed E-state index contributed by atoms with van der Waals surface area (Å²) in [6, 6.07) is 8.37. The van der Waals surface area contributed by atoms with Crippen LogP contribution in [0.15, 0.2) is 24.3 Å². The zero-order valence-corrected chi connectivity index (χ0v) is 7.66. The number of ether oxygens (including phenoxy) is 1. The van der Waals surface area contributed by atoms with Crippen LogP contribution >= 0.6 is 0 Å². The molecule has 1 aliphatic heterocycles. The largest absolute Gasteiger partial charge is 0.493 e. The molecule has 0 radical (unpaired) electrons. The van der Waals surface area contributed by atoms with Crippen LogP contribution in [0.3, 0.4) is 0 Å². The van der Waals surface area contributed by atoms with Gasteiger partial charge in [-0.1, -0.05) is 18.2 Å². The van der Waals surface area contributed by atoms with Crippen molar-refractivity contribution in [1.29, 1.82) is 0 Å². The third-order valence-corrected chi connectivity index (χ3v) is 2.60. The third kappa shape index (κ3) is 1.41. The number of para-hydroxylation sites is 1. The van der Waals surface area contributed by atoms with Crippen molar-refractivity contribution in [2.75, 3.05) is 6.61 Å². The van der Waals surface area contributed by atoms with Crippen LogP contribution in [0, 0.1) is 0 Å². The molecular weight excluding hydrogens is 164 g/mol. The van der Waals surface area contributed by atoms with Gasteiger partial charge in [0.25, 0.3) is 0 Å². The molecule has 1 aromatic rings. The SMILES string of the molecule is CC(NN)C1COc2ccccc21. The Morgan fingerprint density at radius 3 is 3.08 bits per heavy atom. The topological polar surface area (TPSA) is 47.3 Å². The summed E-state index contributed by atoms with van der Waals surface area (Å²) in [6.07, 6.45) is 0. The summed E-state index contributed by atoms with van der Waals surface area (Å²) in [5.41, 5.74) is 4.03. The molecule has 3 heteroatoms. The smallest absolute Gasteiger partial charge is 0.122 e. The minimum absolute atomic E-state index is 0.253. The molecule has 0 saturated carbocycles. The van der Waals surface area contributed by atoms with Crippen LogP contribution in [0.2, 0.25) is 0 Å². The van der Waals surface area contributed by atoms with Gasteiger partial charge in [-0.25, -0.2) is 0 Å². The summed E-state index contributed by atoms with van der Waals surface area (Å²) in [7, 11) is 0. The van der Waals surface area contributed by atoms with Gasteiger partial charge in [0.15, 0.2) is 0 Å². The van der Waals surface area contributed by atoms with E-state index in [1.165, 1.54) is 5.56 Å². The Hall–Kier alpha value is -1.06. The highest BCUT2D eigenvalue weighted by atomic mass is 16.5. The molecule has 70 valence electrons. The van der Waals surface area contributed by atoms with Gasteiger partial charge >= 0.3 is 0 Å². The monoisotopic (exact) mass is 178 g/mol. The molecule has 1 aromatic carbocycles. The van der Waals surface area contributed by atoms with Crippen molar-refractivity contribution in [3.63, 3.8) is 0 Å². The maximum absolute atomic E-state index is 5.54. The second kappa shape index (κ2) is 3.36. The molecule has 1 aliphatic rings. The molecule has 3 nitrogen and oxygen atoms in total. The Bertz CT molecular complexity index is 301. The first-order chi connectivity index (χ1) is 6.33. The van der Waals surface area contributed by atoms with E-state index >= 15 is 0 Å². The van der Waals surface area contributed by atoms with Crippen molar-refractivity contribution in [1.82, 2.24) is 5.43 Å². The van der Waals surface area contributed by atoms with E-state index in [1.54, 1.807) is 0 Å². The number of hydrazine groups is 1. The Balaban J connectivity index is 2.28. The van der Waals surface area contributed by atoms with Crippen LogP contribution in [-0.4, -0.2) is 12.6 Å². The number of hydrogen-bond acceptors (Lipinski definition) is 3. The highest BCUT2D eigenvalue weighted by molar-refractivity contribution is 5.40. The van der Waals surface area contributed by atoms with Crippen LogP contribution in [0.25, 0.3) is 0 Å². The van der Waals surface area contributed by atoms with Crippen LogP contribution in [0.5, 0.6) is 5.75 Å². The molecule has 1 heterocycles. The van der Waals surface area contributed by atoms with Gasteiger partial charge < -0.3 is 4.74 Å². The van der Waals surface area contributed by atoms with Crippen LogP contribution in [0.4, 0.5) is 0 Å². The highest BCUT2D eigenvalue weighted by Gasteiger charge is 2.27. The summed E-state index contributed by atoms with van der Waals surface area (Å²) in [6.45, 7) is 2.79. The predicted octanol–water partition coefficient (Wildman–Crippen LogP) is 1.01. The van der Waals surface area contributed by atoms with Crippen molar-refractivity contribution >= 4 is 0 Å². The molecule has 0 aliphatic carbocycles. The fourth-order valence-electron chi connectivity index (χ4n) is 1.72. The fraction of sp³-hybridized carbons (Fsp3) is 0.400. The number of nitrogens with one attached hydrogen (secondary N) is 1. The van der Waals surface area contributed by atoms with E-state index in [9.17, 15) is 0 Å². The maximum Gasteiger partial charge on any atom is 0.122 e. The standard InChI is InChI=1S/C10H14N2O/c1-7(12-11)9-6-13-10-5-3-2-4-8(9)10/h2-5,7,9,12H,6,11H2,1H3. The fourth-order valence-corrected chi connectivity index (χ4v) is 1.72. The summed E-state index contributed by atoms with van der Waals surface area (Å²) in [5, 5.41) is 0. The summed E-state index contributed by atoms with van der Waals surface area (Å²) < 4.78 is 5.54. The molecule has 0 spiro atoms. The molecule has 3 N–H and O–H groups in total. The van der Waals surface area contributed by atoms with E-state index in [0.29, 0.717) is 5.92 Å². The van der Waals surface area contributed by atoms with Gasteiger partial charge in [-0.3, -0.25) is 11.3 Å². The van der Waals surface area contributed by atoms with Gasteiger partial charge in [-0.05, 0) is 13.0 Å². The molecule has 0 fully saturated rings. The quantitative estimate of drug-likeness (QED) is 0.525. The van der Waals surface area contributed by atoms with Crippen molar-refractivity contribution in [3.8, 4) is 5.75 Å². The lowest BCUT2D eigenvalue weighted by Crippen LogP contribution is -2.37.